The lowest BCUT2D eigenvalue weighted by atomic mass is 10.1. The zero-order valence-corrected chi connectivity index (χ0v) is 9.89. The average molecular weight is 242 g/mol. The molecule has 0 aliphatic carbocycles. The van der Waals surface area contributed by atoms with Gasteiger partial charge in [0.1, 0.15) is 6.04 Å². The highest BCUT2D eigenvalue weighted by atomic mass is 16.5. The van der Waals surface area contributed by atoms with Crippen LogP contribution < -0.4 is 5.32 Å². The molecule has 96 valence electrons. The lowest BCUT2D eigenvalue weighted by Crippen LogP contribution is -2.48. The number of likely N-dealkylation sites (tertiary alicyclic amines) is 1. The highest BCUT2D eigenvalue weighted by Gasteiger charge is 2.39. The Morgan fingerprint density at radius 2 is 2.24 bits per heavy atom. The van der Waals surface area contributed by atoms with E-state index in [0.29, 0.717) is 25.9 Å². The molecule has 0 saturated carbocycles. The summed E-state index contributed by atoms with van der Waals surface area (Å²) in [5.41, 5.74) is 0. The SMILES string of the molecule is COC(=O)[C@@H]1CCCN1C(=O)[C@@H]1C[C@@H](O)CN1. The lowest BCUT2D eigenvalue weighted by Gasteiger charge is -2.25. The molecule has 2 aliphatic heterocycles. The van der Waals surface area contributed by atoms with E-state index in [1.807, 2.05) is 0 Å². The number of β-amino-alcohol motifs (C(OH)–C–C–N with tert-alkyl or cyclic N) is 1. The van der Waals surface area contributed by atoms with Crippen molar-refractivity contribution in [3.63, 3.8) is 0 Å². The quantitative estimate of drug-likeness (QED) is 0.599. The fourth-order valence-corrected chi connectivity index (χ4v) is 2.52. The molecule has 2 N–H and O–H groups in total. The molecule has 2 heterocycles. The molecule has 2 fully saturated rings. The first kappa shape index (κ1) is 12.3. The molecule has 0 aromatic carbocycles. The van der Waals surface area contributed by atoms with E-state index in [1.54, 1.807) is 4.90 Å². The van der Waals surface area contributed by atoms with Crippen LogP contribution in [-0.4, -0.2) is 60.3 Å². The Morgan fingerprint density at radius 3 is 2.82 bits per heavy atom. The summed E-state index contributed by atoms with van der Waals surface area (Å²) in [6, 6.07) is -0.817. The standard InChI is InChI=1S/C11H18N2O4/c1-17-11(16)9-3-2-4-13(9)10(15)8-5-7(14)6-12-8/h7-9,12,14H,2-6H2,1H3/t7-,8+,9+/m1/s1. The third-order valence-corrected chi connectivity index (χ3v) is 3.41. The van der Waals surface area contributed by atoms with Crippen LogP contribution in [0.1, 0.15) is 19.3 Å². The Kier molecular flexibility index (Phi) is 3.63. The van der Waals surface area contributed by atoms with Gasteiger partial charge in [-0.15, -0.1) is 0 Å². The maximum absolute atomic E-state index is 12.2. The van der Waals surface area contributed by atoms with Crippen molar-refractivity contribution in [1.29, 1.82) is 0 Å². The molecule has 6 nitrogen and oxygen atoms in total. The van der Waals surface area contributed by atoms with Gasteiger partial charge < -0.3 is 20.1 Å². The minimum absolute atomic E-state index is 0.102. The third-order valence-electron chi connectivity index (χ3n) is 3.41. The molecule has 0 unspecified atom stereocenters. The van der Waals surface area contributed by atoms with Gasteiger partial charge in [-0.3, -0.25) is 4.79 Å². The van der Waals surface area contributed by atoms with Crippen LogP contribution in [0.4, 0.5) is 0 Å². The number of esters is 1. The van der Waals surface area contributed by atoms with Crippen LogP contribution in [0.5, 0.6) is 0 Å². The number of carbonyl (C=O) groups is 2. The summed E-state index contributed by atoms with van der Waals surface area (Å²) in [4.78, 5) is 25.3. The molecule has 3 atom stereocenters. The van der Waals surface area contributed by atoms with E-state index in [2.05, 4.69) is 5.32 Å². The van der Waals surface area contributed by atoms with Crippen LogP contribution in [-0.2, 0) is 14.3 Å². The number of nitrogens with one attached hydrogen (secondary N) is 1. The largest absolute Gasteiger partial charge is 0.467 e. The maximum Gasteiger partial charge on any atom is 0.328 e. The van der Waals surface area contributed by atoms with Crippen LogP contribution in [0, 0.1) is 0 Å². The third kappa shape index (κ3) is 2.42. The number of carbonyl (C=O) groups excluding carboxylic acids is 2. The molecule has 1 amide bonds. The molecule has 17 heavy (non-hydrogen) atoms. The first-order valence-corrected chi connectivity index (χ1v) is 5.93. The molecule has 0 radical (unpaired) electrons. The predicted octanol–water partition coefficient (Wildman–Crippen LogP) is -1.13. The smallest absolute Gasteiger partial charge is 0.328 e. The normalized spacial score (nSPS) is 32.8. The van der Waals surface area contributed by atoms with Crippen molar-refractivity contribution in [2.75, 3.05) is 20.2 Å². The van der Waals surface area contributed by atoms with Gasteiger partial charge in [0.25, 0.3) is 0 Å². The summed E-state index contributed by atoms with van der Waals surface area (Å²) >= 11 is 0. The second kappa shape index (κ2) is 5.01. The highest BCUT2D eigenvalue weighted by molar-refractivity contribution is 5.88. The Morgan fingerprint density at radius 1 is 1.47 bits per heavy atom. The van der Waals surface area contributed by atoms with Crippen molar-refractivity contribution in [3.8, 4) is 0 Å². The number of aliphatic hydroxyl groups excluding tert-OH is 1. The van der Waals surface area contributed by atoms with Crippen molar-refractivity contribution >= 4 is 11.9 Å². The van der Waals surface area contributed by atoms with Crippen LogP contribution in [0.3, 0.4) is 0 Å². The summed E-state index contributed by atoms with van der Waals surface area (Å²) in [5.74, 6) is -0.455. The first-order valence-electron chi connectivity index (χ1n) is 5.93. The van der Waals surface area contributed by atoms with E-state index in [1.165, 1.54) is 7.11 Å². The summed E-state index contributed by atoms with van der Waals surface area (Å²) in [6.07, 6.45) is 1.43. The van der Waals surface area contributed by atoms with Crippen molar-refractivity contribution < 1.29 is 19.4 Å². The Labute approximate surface area is 99.9 Å². The summed E-state index contributed by atoms with van der Waals surface area (Å²) < 4.78 is 4.70. The first-order chi connectivity index (χ1) is 8.13. The van der Waals surface area contributed by atoms with E-state index in [-0.39, 0.29) is 17.9 Å². The Balaban J connectivity index is 2.01. The number of methoxy groups -OCH3 is 1. The molecule has 6 heteroatoms. The minimum atomic E-state index is -0.469. The van der Waals surface area contributed by atoms with Gasteiger partial charge in [-0.1, -0.05) is 0 Å². The van der Waals surface area contributed by atoms with Crippen molar-refractivity contribution in [2.24, 2.45) is 0 Å². The molecular weight excluding hydrogens is 224 g/mol. The van der Waals surface area contributed by atoms with Crippen LogP contribution in [0.15, 0.2) is 0 Å². The fourth-order valence-electron chi connectivity index (χ4n) is 2.52. The van der Waals surface area contributed by atoms with Gasteiger partial charge >= 0.3 is 5.97 Å². The number of rotatable bonds is 2. The number of hydrogen-bond donors (Lipinski definition) is 2. The molecule has 2 saturated heterocycles. The molecule has 2 rings (SSSR count). The number of aliphatic hydroxyl groups is 1. The molecule has 0 aromatic heterocycles. The van der Waals surface area contributed by atoms with E-state index in [4.69, 9.17) is 4.74 Å². The molecule has 0 aromatic rings. The van der Waals surface area contributed by atoms with Crippen molar-refractivity contribution in [2.45, 2.75) is 37.5 Å². The summed E-state index contributed by atoms with van der Waals surface area (Å²) in [5, 5.41) is 12.4. The Bertz CT molecular complexity index is 321. The zero-order valence-electron chi connectivity index (χ0n) is 9.89. The molecule has 2 aliphatic rings. The van der Waals surface area contributed by atoms with Gasteiger partial charge in [-0.2, -0.15) is 0 Å². The van der Waals surface area contributed by atoms with Gasteiger partial charge in [0, 0.05) is 13.1 Å². The lowest BCUT2D eigenvalue weighted by molar-refractivity contribution is -0.151. The van der Waals surface area contributed by atoms with Crippen LogP contribution >= 0.6 is 0 Å². The van der Waals surface area contributed by atoms with Gasteiger partial charge in [-0.05, 0) is 19.3 Å². The van der Waals surface area contributed by atoms with Crippen molar-refractivity contribution in [1.82, 2.24) is 10.2 Å². The van der Waals surface area contributed by atoms with Crippen LogP contribution in [0.25, 0.3) is 0 Å². The van der Waals surface area contributed by atoms with Crippen LogP contribution in [0.2, 0.25) is 0 Å². The number of nitrogens with zero attached hydrogens (tertiary/aromatic N) is 1. The minimum Gasteiger partial charge on any atom is -0.467 e. The van der Waals surface area contributed by atoms with E-state index < -0.39 is 12.1 Å². The summed E-state index contributed by atoms with van der Waals surface area (Å²) in [6.45, 7) is 1.03. The van der Waals surface area contributed by atoms with E-state index in [9.17, 15) is 14.7 Å². The van der Waals surface area contributed by atoms with Crippen molar-refractivity contribution in [3.05, 3.63) is 0 Å². The number of amides is 1. The number of ether oxygens (including phenoxy) is 1. The number of hydrogen-bond acceptors (Lipinski definition) is 5. The topological polar surface area (TPSA) is 78.9 Å². The summed E-state index contributed by atoms with van der Waals surface area (Å²) in [7, 11) is 1.33. The predicted molar refractivity (Wildman–Crippen MR) is 59.2 cm³/mol. The second-order valence-corrected chi connectivity index (χ2v) is 4.56. The van der Waals surface area contributed by atoms with Gasteiger partial charge in [0.05, 0.1) is 19.3 Å². The molecule has 0 spiro atoms. The molecular formula is C11H18N2O4. The molecule has 0 bridgehead atoms. The Hall–Kier alpha value is -1.14. The van der Waals surface area contributed by atoms with E-state index in [0.717, 1.165) is 6.42 Å². The highest BCUT2D eigenvalue weighted by Crippen LogP contribution is 2.21. The maximum atomic E-state index is 12.2. The second-order valence-electron chi connectivity index (χ2n) is 4.56. The van der Waals surface area contributed by atoms with Gasteiger partial charge in [0.2, 0.25) is 5.91 Å². The zero-order chi connectivity index (χ0) is 12.4. The average Bonchev–Trinajstić information content (AvgIpc) is 2.95. The fraction of sp³-hybridized carbons (Fsp3) is 0.818. The van der Waals surface area contributed by atoms with Gasteiger partial charge in [-0.25, -0.2) is 4.79 Å². The van der Waals surface area contributed by atoms with E-state index >= 15 is 0 Å². The van der Waals surface area contributed by atoms with Gasteiger partial charge in [0.15, 0.2) is 0 Å². The monoisotopic (exact) mass is 242 g/mol.